The third-order valence-electron chi connectivity index (χ3n) is 2.69. The molecule has 3 nitrogen and oxygen atoms in total. The molecule has 86 valence electrons. The Morgan fingerprint density at radius 2 is 2.35 bits per heavy atom. The zero-order valence-corrected chi connectivity index (χ0v) is 10.4. The van der Waals surface area contributed by atoms with Crippen LogP contribution in [0.3, 0.4) is 0 Å². The molecule has 3 heterocycles. The van der Waals surface area contributed by atoms with Crippen molar-refractivity contribution in [3.63, 3.8) is 0 Å². The first-order valence-electron chi connectivity index (χ1n) is 5.48. The molecule has 0 N–H and O–H groups in total. The van der Waals surface area contributed by atoms with Crippen LogP contribution >= 0.6 is 11.3 Å². The number of hydrazone groups is 1. The van der Waals surface area contributed by atoms with Crippen molar-refractivity contribution in [3.05, 3.63) is 52.4 Å². The SMILES string of the molecule is CN1CN2C=CC=C(C=Cc3ccsc3)C2=N1. The molecule has 0 aromatic carbocycles. The van der Waals surface area contributed by atoms with Gasteiger partial charge in [-0.2, -0.15) is 16.4 Å². The standard InChI is InChI=1S/C13H13N3S/c1-15-10-16-7-2-3-12(13(16)14-15)5-4-11-6-8-17-9-11/h2-9H,10H2,1H3. The van der Waals surface area contributed by atoms with Crippen LogP contribution in [-0.2, 0) is 0 Å². The average Bonchev–Trinajstić information content (AvgIpc) is 2.93. The number of hydrogen-bond donors (Lipinski definition) is 0. The van der Waals surface area contributed by atoms with Gasteiger partial charge in [-0.3, -0.25) is 5.01 Å². The zero-order chi connectivity index (χ0) is 11.7. The first-order valence-corrected chi connectivity index (χ1v) is 6.43. The molecule has 0 atom stereocenters. The smallest absolute Gasteiger partial charge is 0.161 e. The van der Waals surface area contributed by atoms with E-state index in [-0.39, 0.29) is 0 Å². The van der Waals surface area contributed by atoms with E-state index in [0.29, 0.717) is 0 Å². The van der Waals surface area contributed by atoms with Gasteiger partial charge in [-0.1, -0.05) is 12.2 Å². The van der Waals surface area contributed by atoms with E-state index in [0.717, 1.165) is 18.1 Å². The second kappa shape index (κ2) is 4.22. The molecule has 0 radical (unpaired) electrons. The Labute approximate surface area is 105 Å². The average molecular weight is 243 g/mol. The second-order valence-corrected chi connectivity index (χ2v) is 4.83. The van der Waals surface area contributed by atoms with Crippen LogP contribution in [0.5, 0.6) is 0 Å². The predicted octanol–water partition coefficient (Wildman–Crippen LogP) is 2.73. The lowest BCUT2D eigenvalue weighted by Gasteiger charge is -2.18. The first-order chi connectivity index (χ1) is 8.33. The van der Waals surface area contributed by atoms with Gasteiger partial charge in [0.2, 0.25) is 0 Å². The van der Waals surface area contributed by atoms with E-state index in [1.54, 1.807) is 11.3 Å². The van der Waals surface area contributed by atoms with Gasteiger partial charge in [-0.15, -0.1) is 0 Å². The third kappa shape index (κ3) is 2.03. The fourth-order valence-electron chi connectivity index (χ4n) is 1.89. The Morgan fingerprint density at radius 1 is 1.41 bits per heavy atom. The zero-order valence-electron chi connectivity index (χ0n) is 9.58. The Balaban J connectivity index is 1.85. The molecule has 0 amide bonds. The topological polar surface area (TPSA) is 18.8 Å². The van der Waals surface area contributed by atoms with Crippen molar-refractivity contribution in [2.24, 2.45) is 5.10 Å². The summed E-state index contributed by atoms with van der Waals surface area (Å²) in [6, 6.07) is 2.11. The van der Waals surface area contributed by atoms with Crippen molar-refractivity contribution in [1.82, 2.24) is 9.91 Å². The summed E-state index contributed by atoms with van der Waals surface area (Å²) in [6.07, 6.45) is 10.5. The largest absolute Gasteiger partial charge is 0.311 e. The van der Waals surface area contributed by atoms with Crippen LogP contribution in [0.4, 0.5) is 0 Å². The van der Waals surface area contributed by atoms with E-state index in [4.69, 9.17) is 0 Å². The van der Waals surface area contributed by atoms with E-state index < -0.39 is 0 Å². The summed E-state index contributed by atoms with van der Waals surface area (Å²) < 4.78 is 0. The highest BCUT2D eigenvalue weighted by Gasteiger charge is 2.22. The van der Waals surface area contributed by atoms with Gasteiger partial charge in [0.1, 0.15) is 6.67 Å². The van der Waals surface area contributed by atoms with E-state index in [2.05, 4.69) is 57.3 Å². The summed E-state index contributed by atoms with van der Waals surface area (Å²) in [7, 11) is 1.99. The van der Waals surface area contributed by atoms with Gasteiger partial charge < -0.3 is 4.90 Å². The molecule has 0 spiro atoms. The number of hydrogen-bond acceptors (Lipinski definition) is 4. The normalized spacial score (nSPS) is 18.6. The lowest BCUT2D eigenvalue weighted by molar-refractivity contribution is 0.317. The Kier molecular flexibility index (Phi) is 2.57. The summed E-state index contributed by atoms with van der Waals surface area (Å²) in [6.45, 7) is 0.829. The number of rotatable bonds is 2. The van der Waals surface area contributed by atoms with Gasteiger partial charge in [-0.25, -0.2) is 0 Å². The maximum Gasteiger partial charge on any atom is 0.161 e. The maximum atomic E-state index is 4.50. The number of fused-ring (bicyclic) bond motifs is 1. The van der Waals surface area contributed by atoms with Crippen LogP contribution in [0.15, 0.2) is 51.9 Å². The van der Waals surface area contributed by atoms with Crippen molar-refractivity contribution < 1.29 is 0 Å². The lowest BCUT2D eigenvalue weighted by atomic mass is 10.1. The first kappa shape index (κ1) is 10.4. The molecule has 0 aliphatic carbocycles. The van der Waals surface area contributed by atoms with Crippen LogP contribution < -0.4 is 0 Å². The van der Waals surface area contributed by atoms with Gasteiger partial charge in [0.25, 0.3) is 0 Å². The second-order valence-electron chi connectivity index (χ2n) is 4.05. The molecular weight excluding hydrogens is 230 g/mol. The molecule has 1 aromatic rings. The number of amidine groups is 1. The number of thiophene rings is 1. The Bertz CT molecular complexity index is 523. The lowest BCUT2D eigenvalue weighted by Crippen LogP contribution is -2.26. The van der Waals surface area contributed by atoms with Gasteiger partial charge in [0.05, 0.1) is 0 Å². The summed E-state index contributed by atoms with van der Waals surface area (Å²) >= 11 is 1.71. The van der Waals surface area contributed by atoms with Crippen molar-refractivity contribution >= 4 is 23.2 Å². The quantitative estimate of drug-likeness (QED) is 0.795. The van der Waals surface area contributed by atoms with E-state index in [9.17, 15) is 0 Å². The van der Waals surface area contributed by atoms with E-state index in [1.165, 1.54) is 5.56 Å². The molecule has 3 rings (SSSR count). The van der Waals surface area contributed by atoms with Gasteiger partial charge in [0, 0.05) is 18.8 Å². The molecular formula is C13H13N3S. The minimum Gasteiger partial charge on any atom is -0.311 e. The highest BCUT2D eigenvalue weighted by atomic mass is 32.1. The van der Waals surface area contributed by atoms with Crippen LogP contribution in [-0.4, -0.2) is 29.5 Å². The molecule has 4 heteroatoms. The molecule has 0 saturated carbocycles. The fraction of sp³-hybridized carbons (Fsp3) is 0.154. The minimum absolute atomic E-state index is 0.829. The summed E-state index contributed by atoms with van der Waals surface area (Å²) in [4.78, 5) is 2.15. The maximum absolute atomic E-state index is 4.50. The molecule has 0 fully saturated rings. The van der Waals surface area contributed by atoms with Crippen molar-refractivity contribution in [1.29, 1.82) is 0 Å². The van der Waals surface area contributed by atoms with Crippen molar-refractivity contribution in [2.75, 3.05) is 13.7 Å². The van der Waals surface area contributed by atoms with E-state index >= 15 is 0 Å². The Morgan fingerprint density at radius 3 is 3.18 bits per heavy atom. The van der Waals surface area contributed by atoms with Gasteiger partial charge >= 0.3 is 0 Å². The minimum atomic E-state index is 0.829. The van der Waals surface area contributed by atoms with Crippen LogP contribution in [0, 0.1) is 0 Å². The van der Waals surface area contributed by atoms with Crippen LogP contribution in [0.1, 0.15) is 5.56 Å². The van der Waals surface area contributed by atoms with Crippen molar-refractivity contribution in [3.8, 4) is 0 Å². The van der Waals surface area contributed by atoms with Crippen LogP contribution in [0.2, 0.25) is 0 Å². The highest BCUT2D eigenvalue weighted by molar-refractivity contribution is 7.08. The number of allylic oxidation sites excluding steroid dienone is 2. The molecule has 2 aliphatic rings. The van der Waals surface area contributed by atoms with Gasteiger partial charge in [0.15, 0.2) is 5.84 Å². The molecule has 0 bridgehead atoms. The van der Waals surface area contributed by atoms with Crippen molar-refractivity contribution in [2.45, 2.75) is 0 Å². The third-order valence-corrected chi connectivity index (χ3v) is 3.39. The molecule has 2 aliphatic heterocycles. The highest BCUT2D eigenvalue weighted by Crippen LogP contribution is 2.19. The molecule has 17 heavy (non-hydrogen) atoms. The fourth-order valence-corrected chi connectivity index (χ4v) is 2.52. The van der Waals surface area contributed by atoms with E-state index in [1.807, 2.05) is 12.1 Å². The summed E-state index contributed by atoms with van der Waals surface area (Å²) in [5.74, 6) is 1.03. The van der Waals surface area contributed by atoms with Crippen LogP contribution in [0.25, 0.3) is 6.08 Å². The monoisotopic (exact) mass is 243 g/mol. The predicted molar refractivity (Wildman–Crippen MR) is 72.5 cm³/mol. The molecule has 1 aromatic heterocycles. The Hall–Kier alpha value is -1.81. The number of nitrogens with zero attached hydrogens (tertiary/aromatic N) is 3. The summed E-state index contributed by atoms with van der Waals surface area (Å²) in [5.41, 5.74) is 2.40. The van der Waals surface area contributed by atoms with Gasteiger partial charge in [-0.05, 0) is 34.5 Å². The summed E-state index contributed by atoms with van der Waals surface area (Å²) in [5, 5.41) is 10.7. The molecule has 0 unspecified atom stereocenters. The molecule has 0 saturated heterocycles.